The minimum absolute atomic E-state index is 0.0641. The number of hydrogen-bond acceptors (Lipinski definition) is 5. The molecule has 2 heterocycles. The summed E-state index contributed by atoms with van der Waals surface area (Å²) in [4.78, 5) is 19.0. The SMILES string of the molecule is NC(=O)c1cc(-c2ccc(C34CC3CN(CCOCC(F)(F)F)C4)cc2)cnc1C1CCC(O)CC1. The van der Waals surface area contributed by atoms with Crippen molar-refractivity contribution >= 4 is 5.91 Å². The summed E-state index contributed by atoms with van der Waals surface area (Å²) in [5.41, 5.74) is 9.94. The Labute approximate surface area is 208 Å². The second-order valence-corrected chi connectivity index (χ2v) is 10.6. The predicted octanol–water partition coefficient (Wildman–Crippen LogP) is 4.02. The molecule has 6 nitrogen and oxygen atoms in total. The average molecular weight is 504 g/mol. The summed E-state index contributed by atoms with van der Waals surface area (Å²) >= 11 is 0. The fourth-order valence-corrected chi connectivity index (χ4v) is 6.09. The molecule has 36 heavy (non-hydrogen) atoms. The minimum atomic E-state index is -4.29. The van der Waals surface area contributed by atoms with Gasteiger partial charge in [0.1, 0.15) is 6.61 Å². The largest absolute Gasteiger partial charge is 0.411 e. The number of nitrogens with zero attached hydrogens (tertiary/aromatic N) is 2. The third-order valence-electron chi connectivity index (χ3n) is 8.09. The maximum Gasteiger partial charge on any atom is 0.411 e. The Morgan fingerprint density at radius 3 is 2.56 bits per heavy atom. The Morgan fingerprint density at radius 1 is 1.17 bits per heavy atom. The number of fused-ring (bicyclic) bond motifs is 1. The third-order valence-corrected chi connectivity index (χ3v) is 8.09. The fourth-order valence-electron chi connectivity index (χ4n) is 6.09. The molecule has 1 aromatic heterocycles. The van der Waals surface area contributed by atoms with Crippen LogP contribution in [0.3, 0.4) is 0 Å². The second-order valence-electron chi connectivity index (χ2n) is 10.6. The number of aliphatic hydroxyl groups excluding tert-OH is 1. The van der Waals surface area contributed by atoms with E-state index < -0.39 is 18.7 Å². The van der Waals surface area contributed by atoms with Gasteiger partial charge in [-0.15, -0.1) is 0 Å². The molecule has 1 aromatic carbocycles. The standard InChI is InChI=1S/C27H32F3N3O3/c28-27(29,30)16-36-10-9-33-14-21-12-26(21,15-33)20-5-1-17(2-6-20)19-11-23(25(31)35)24(32-13-19)18-3-7-22(34)8-4-18/h1-2,5-6,11,13,18,21-22,34H,3-4,7-10,12,14-16H2,(H2,31,35). The summed E-state index contributed by atoms with van der Waals surface area (Å²) in [7, 11) is 0. The smallest absolute Gasteiger partial charge is 0.393 e. The van der Waals surface area contributed by atoms with E-state index in [-0.39, 0.29) is 24.0 Å². The van der Waals surface area contributed by atoms with Crippen LogP contribution in [-0.4, -0.2) is 66.0 Å². The molecule has 2 aromatic rings. The van der Waals surface area contributed by atoms with Crippen LogP contribution in [0.5, 0.6) is 0 Å². The molecule has 2 unspecified atom stereocenters. The molecule has 0 radical (unpaired) electrons. The van der Waals surface area contributed by atoms with Crippen LogP contribution >= 0.6 is 0 Å². The molecular weight excluding hydrogens is 471 g/mol. The van der Waals surface area contributed by atoms with Crippen LogP contribution in [-0.2, 0) is 10.2 Å². The lowest BCUT2D eigenvalue weighted by atomic mass is 9.83. The Balaban J connectivity index is 1.25. The first-order chi connectivity index (χ1) is 17.1. The lowest BCUT2D eigenvalue weighted by Crippen LogP contribution is -2.31. The molecule has 2 atom stereocenters. The summed E-state index contributed by atoms with van der Waals surface area (Å²) in [6.45, 7) is 1.08. The van der Waals surface area contributed by atoms with E-state index in [9.17, 15) is 23.1 Å². The van der Waals surface area contributed by atoms with E-state index in [1.807, 2.05) is 18.2 Å². The molecule has 3 aliphatic rings. The quantitative estimate of drug-likeness (QED) is 0.532. The highest BCUT2D eigenvalue weighted by atomic mass is 19.4. The van der Waals surface area contributed by atoms with Gasteiger partial charge in [0.05, 0.1) is 24.0 Å². The highest BCUT2D eigenvalue weighted by Crippen LogP contribution is 2.59. The molecule has 9 heteroatoms. The molecule has 1 aliphatic heterocycles. The van der Waals surface area contributed by atoms with Gasteiger partial charge in [-0.3, -0.25) is 14.7 Å². The van der Waals surface area contributed by atoms with Gasteiger partial charge >= 0.3 is 6.18 Å². The first-order valence-electron chi connectivity index (χ1n) is 12.6. The number of likely N-dealkylation sites (tertiary alicyclic amines) is 1. The van der Waals surface area contributed by atoms with E-state index in [1.54, 1.807) is 6.20 Å². The molecule has 2 saturated carbocycles. The number of aliphatic hydroxyl groups is 1. The summed E-state index contributed by atoms with van der Waals surface area (Å²) in [5, 5.41) is 9.80. The zero-order chi connectivity index (χ0) is 25.5. The van der Waals surface area contributed by atoms with E-state index in [2.05, 4.69) is 22.0 Å². The van der Waals surface area contributed by atoms with Crippen molar-refractivity contribution in [3.05, 3.63) is 53.3 Å². The van der Waals surface area contributed by atoms with Crippen molar-refractivity contribution < 1.29 is 27.8 Å². The normalized spacial score (nSPS) is 28.2. The van der Waals surface area contributed by atoms with Gasteiger partial charge in [-0.25, -0.2) is 0 Å². The van der Waals surface area contributed by atoms with E-state index in [4.69, 9.17) is 10.5 Å². The summed E-state index contributed by atoms with van der Waals surface area (Å²) in [5.74, 6) is 0.150. The molecule has 3 fully saturated rings. The highest BCUT2D eigenvalue weighted by Gasteiger charge is 2.60. The first kappa shape index (κ1) is 25.2. The van der Waals surface area contributed by atoms with Crippen molar-refractivity contribution in [2.75, 3.05) is 32.8 Å². The van der Waals surface area contributed by atoms with Crippen molar-refractivity contribution in [3.8, 4) is 11.1 Å². The number of piperidine rings is 1. The molecule has 5 rings (SSSR count). The average Bonchev–Trinajstić information content (AvgIpc) is 3.42. The number of amides is 1. The minimum Gasteiger partial charge on any atom is -0.393 e. The van der Waals surface area contributed by atoms with Crippen LogP contribution in [0.4, 0.5) is 13.2 Å². The first-order valence-corrected chi connectivity index (χ1v) is 12.6. The van der Waals surface area contributed by atoms with Crippen LogP contribution in [0.1, 0.15) is 59.6 Å². The summed E-state index contributed by atoms with van der Waals surface area (Å²) in [6.07, 6.45) is 1.29. The Hall–Kier alpha value is -2.49. The van der Waals surface area contributed by atoms with Crippen LogP contribution in [0.25, 0.3) is 11.1 Å². The molecule has 1 saturated heterocycles. The number of ether oxygens (including phenoxy) is 1. The summed E-state index contributed by atoms with van der Waals surface area (Å²) in [6, 6.07) is 10.1. The van der Waals surface area contributed by atoms with Crippen molar-refractivity contribution in [1.29, 1.82) is 0 Å². The lowest BCUT2D eigenvalue weighted by molar-refractivity contribution is -0.174. The lowest BCUT2D eigenvalue weighted by Gasteiger charge is -2.26. The van der Waals surface area contributed by atoms with Crippen molar-refractivity contribution in [1.82, 2.24) is 9.88 Å². The third kappa shape index (κ3) is 5.28. The zero-order valence-corrected chi connectivity index (χ0v) is 20.1. The highest BCUT2D eigenvalue weighted by molar-refractivity contribution is 5.95. The number of benzene rings is 1. The van der Waals surface area contributed by atoms with Gasteiger partial charge in [-0.05, 0) is 55.2 Å². The van der Waals surface area contributed by atoms with Gasteiger partial charge in [0, 0.05) is 42.7 Å². The van der Waals surface area contributed by atoms with Crippen molar-refractivity contribution in [2.45, 2.75) is 55.7 Å². The number of hydrogen-bond donors (Lipinski definition) is 2. The number of alkyl halides is 3. The number of carbonyl (C=O) groups excluding carboxylic acids is 1. The predicted molar refractivity (Wildman–Crippen MR) is 129 cm³/mol. The topological polar surface area (TPSA) is 88.7 Å². The molecule has 0 bridgehead atoms. The van der Waals surface area contributed by atoms with E-state index in [0.717, 1.165) is 49.2 Å². The van der Waals surface area contributed by atoms with Crippen LogP contribution in [0.15, 0.2) is 36.5 Å². The number of pyridine rings is 1. The van der Waals surface area contributed by atoms with Gasteiger partial charge in [0.15, 0.2) is 0 Å². The zero-order valence-electron chi connectivity index (χ0n) is 20.1. The van der Waals surface area contributed by atoms with Crippen molar-refractivity contribution in [3.63, 3.8) is 0 Å². The second kappa shape index (κ2) is 9.76. The van der Waals surface area contributed by atoms with E-state index in [1.165, 1.54) is 5.56 Å². The molecule has 2 aliphatic carbocycles. The number of primary amides is 1. The van der Waals surface area contributed by atoms with Gasteiger partial charge in [-0.2, -0.15) is 13.2 Å². The maximum absolute atomic E-state index is 12.3. The van der Waals surface area contributed by atoms with Gasteiger partial charge in [-0.1, -0.05) is 24.3 Å². The van der Waals surface area contributed by atoms with Gasteiger partial charge < -0.3 is 15.6 Å². The molecule has 0 spiro atoms. The fraction of sp³-hybridized carbons (Fsp3) is 0.556. The van der Waals surface area contributed by atoms with Crippen molar-refractivity contribution in [2.24, 2.45) is 11.7 Å². The number of carbonyl (C=O) groups is 1. The Bertz CT molecular complexity index is 1100. The number of nitrogens with two attached hydrogens (primary N) is 1. The number of halogens is 3. The number of rotatable bonds is 8. The Kier molecular flexibility index (Phi) is 6.82. The number of aromatic nitrogens is 1. The Morgan fingerprint density at radius 2 is 1.89 bits per heavy atom. The molecule has 3 N–H and O–H groups in total. The van der Waals surface area contributed by atoms with E-state index in [0.29, 0.717) is 30.9 Å². The molecular formula is C27H32F3N3O3. The van der Waals surface area contributed by atoms with Crippen LogP contribution in [0, 0.1) is 5.92 Å². The monoisotopic (exact) mass is 503 g/mol. The molecule has 194 valence electrons. The van der Waals surface area contributed by atoms with Gasteiger partial charge in [0.2, 0.25) is 0 Å². The van der Waals surface area contributed by atoms with Crippen LogP contribution in [0.2, 0.25) is 0 Å². The van der Waals surface area contributed by atoms with E-state index >= 15 is 0 Å². The maximum atomic E-state index is 12.3. The summed E-state index contributed by atoms with van der Waals surface area (Å²) < 4.78 is 41.6. The molecule has 1 amide bonds. The van der Waals surface area contributed by atoms with Gasteiger partial charge in [0.25, 0.3) is 5.91 Å². The van der Waals surface area contributed by atoms with Crippen LogP contribution < -0.4 is 5.73 Å².